The first-order valence-corrected chi connectivity index (χ1v) is 6.78. The van der Waals surface area contributed by atoms with Gasteiger partial charge < -0.3 is 5.11 Å². The Morgan fingerprint density at radius 3 is 2.53 bits per heavy atom. The largest absolute Gasteiger partial charge is 0.392 e. The van der Waals surface area contributed by atoms with E-state index in [1.165, 1.54) is 12.1 Å². The molecule has 0 radical (unpaired) electrons. The highest BCUT2D eigenvalue weighted by Crippen LogP contribution is 2.29. The van der Waals surface area contributed by atoms with Crippen molar-refractivity contribution in [1.29, 1.82) is 5.26 Å². The number of halogens is 2. The summed E-state index contributed by atoms with van der Waals surface area (Å²) in [5, 5.41) is 17.6. The van der Waals surface area contributed by atoms with E-state index >= 15 is 0 Å². The van der Waals surface area contributed by atoms with Gasteiger partial charge in [0.15, 0.2) is 0 Å². The van der Waals surface area contributed by atoms with Gasteiger partial charge in [-0.05, 0) is 33.6 Å². The number of hydrogen-bond donors (Lipinski definition) is 1. The van der Waals surface area contributed by atoms with E-state index in [1.54, 1.807) is 6.07 Å². The van der Waals surface area contributed by atoms with Gasteiger partial charge in [0.1, 0.15) is 11.0 Å². The highest BCUT2D eigenvalue weighted by atomic mass is 79.9. The highest BCUT2D eigenvalue weighted by Gasteiger charge is 2.20. The summed E-state index contributed by atoms with van der Waals surface area (Å²) in [4.78, 5) is -0.274. The first kappa shape index (κ1) is 12.5. The molecule has 1 rings (SSSR count). The van der Waals surface area contributed by atoms with Gasteiger partial charge in [-0.3, -0.25) is 0 Å². The monoisotopic (exact) mass is 309 g/mol. The Labute approximate surface area is 99.6 Å². The van der Waals surface area contributed by atoms with Gasteiger partial charge in [0.25, 0.3) is 9.05 Å². The zero-order chi connectivity index (χ0) is 11.6. The van der Waals surface area contributed by atoms with Crippen molar-refractivity contribution in [2.45, 2.75) is 11.5 Å². The van der Waals surface area contributed by atoms with Crippen molar-refractivity contribution >= 4 is 35.7 Å². The van der Waals surface area contributed by atoms with Crippen LogP contribution >= 0.6 is 26.6 Å². The SMILES string of the molecule is N#Cc1cc(CO)cc(Br)c1S(=O)(=O)Cl. The standard InChI is InChI=1S/C8H5BrClNO3S/c9-7-2-5(4-12)1-6(3-11)8(7)15(10,13)14/h1-2,12H,4H2. The van der Waals surface area contributed by atoms with E-state index < -0.39 is 9.05 Å². The molecular formula is C8H5BrClNO3S. The van der Waals surface area contributed by atoms with Crippen LogP contribution in [0.4, 0.5) is 0 Å². The Kier molecular flexibility index (Phi) is 3.73. The van der Waals surface area contributed by atoms with Gasteiger partial charge in [-0.1, -0.05) is 0 Å². The summed E-state index contributed by atoms with van der Waals surface area (Å²) in [5.41, 5.74) is 0.339. The second kappa shape index (κ2) is 4.49. The fourth-order valence-corrected chi connectivity index (χ4v) is 3.66. The molecule has 0 aromatic heterocycles. The van der Waals surface area contributed by atoms with Crippen molar-refractivity contribution < 1.29 is 13.5 Å². The Balaban J connectivity index is 3.61. The van der Waals surface area contributed by atoms with Crippen LogP contribution < -0.4 is 0 Å². The molecule has 0 aliphatic rings. The molecule has 0 fully saturated rings. The van der Waals surface area contributed by atoms with Crippen molar-refractivity contribution in [3.8, 4) is 6.07 Å². The van der Waals surface area contributed by atoms with Crippen LogP contribution in [-0.2, 0) is 15.7 Å². The molecule has 1 aromatic rings. The van der Waals surface area contributed by atoms with Gasteiger partial charge in [-0.25, -0.2) is 8.42 Å². The number of benzene rings is 1. The molecular weight excluding hydrogens is 306 g/mol. The molecule has 0 bridgehead atoms. The Morgan fingerprint density at radius 1 is 1.53 bits per heavy atom. The minimum atomic E-state index is -3.98. The highest BCUT2D eigenvalue weighted by molar-refractivity contribution is 9.10. The summed E-state index contributed by atoms with van der Waals surface area (Å²) in [6.45, 7) is -0.282. The van der Waals surface area contributed by atoms with Crippen LogP contribution in [0.3, 0.4) is 0 Å². The van der Waals surface area contributed by atoms with Crippen LogP contribution in [0, 0.1) is 11.3 Å². The number of nitrogens with zero attached hydrogens (tertiary/aromatic N) is 1. The van der Waals surface area contributed by atoms with E-state index in [9.17, 15) is 8.42 Å². The average Bonchev–Trinajstić information content (AvgIpc) is 2.14. The van der Waals surface area contributed by atoms with Gasteiger partial charge in [-0.2, -0.15) is 5.26 Å². The maximum Gasteiger partial charge on any atom is 0.263 e. The summed E-state index contributed by atoms with van der Waals surface area (Å²) < 4.78 is 22.5. The number of rotatable bonds is 2. The number of aliphatic hydroxyl groups is 1. The molecule has 4 nitrogen and oxygen atoms in total. The fraction of sp³-hybridized carbons (Fsp3) is 0.125. The Hall–Kier alpha value is -0.610. The van der Waals surface area contributed by atoms with Crippen LogP contribution in [0.5, 0.6) is 0 Å². The third-order valence-electron chi connectivity index (χ3n) is 1.65. The van der Waals surface area contributed by atoms with Crippen LogP contribution in [0.25, 0.3) is 0 Å². The Bertz CT molecular complexity index is 536. The number of aliphatic hydroxyl groups excluding tert-OH is 1. The molecule has 80 valence electrons. The van der Waals surface area contributed by atoms with Crippen LogP contribution in [0.15, 0.2) is 21.5 Å². The summed E-state index contributed by atoms with van der Waals surface area (Å²) in [5.74, 6) is 0. The summed E-state index contributed by atoms with van der Waals surface area (Å²) in [6.07, 6.45) is 0. The lowest BCUT2D eigenvalue weighted by atomic mass is 10.1. The third-order valence-corrected chi connectivity index (χ3v) is 3.93. The summed E-state index contributed by atoms with van der Waals surface area (Å²) >= 11 is 2.99. The molecule has 0 saturated heterocycles. The zero-order valence-electron chi connectivity index (χ0n) is 7.24. The lowest BCUT2D eigenvalue weighted by Gasteiger charge is -2.05. The van der Waals surface area contributed by atoms with Crippen molar-refractivity contribution in [1.82, 2.24) is 0 Å². The molecule has 15 heavy (non-hydrogen) atoms. The van der Waals surface area contributed by atoms with Gasteiger partial charge >= 0.3 is 0 Å². The van der Waals surface area contributed by atoms with E-state index in [-0.39, 0.29) is 21.5 Å². The second-order valence-corrected chi connectivity index (χ2v) is 6.02. The van der Waals surface area contributed by atoms with Crippen molar-refractivity contribution in [3.63, 3.8) is 0 Å². The average molecular weight is 311 g/mol. The first-order valence-electron chi connectivity index (χ1n) is 3.68. The predicted octanol–water partition coefficient (Wildman–Crippen LogP) is 1.74. The third kappa shape index (κ3) is 2.69. The summed E-state index contributed by atoms with van der Waals surface area (Å²) in [6, 6.07) is 4.39. The summed E-state index contributed by atoms with van der Waals surface area (Å²) in [7, 11) is 1.19. The van der Waals surface area contributed by atoms with Gasteiger partial charge in [0.2, 0.25) is 0 Å². The molecule has 0 saturated carbocycles. The quantitative estimate of drug-likeness (QED) is 0.844. The molecule has 0 aliphatic carbocycles. The molecule has 0 aliphatic heterocycles. The maximum atomic E-state index is 11.2. The predicted molar refractivity (Wildman–Crippen MR) is 57.8 cm³/mol. The van der Waals surface area contributed by atoms with E-state index in [1.807, 2.05) is 0 Å². The zero-order valence-corrected chi connectivity index (χ0v) is 10.4. The van der Waals surface area contributed by atoms with Gasteiger partial charge in [0.05, 0.1) is 12.2 Å². The van der Waals surface area contributed by atoms with Crippen molar-refractivity contribution in [2.24, 2.45) is 0 Å². The van der Waals surface area contributed by atoms with E-state index in [2.05, 4.69) is 15.9 Å². The number of nitriles is 1. The molecule has 0 unspecified atom stereocenters. The lowest BCUT2D eigenvalue weighted by Crippen LogP contribution is -1.99. The Morgan fingerprint density at radius 2 is 2.13 bits per heavy atom. The molecule has 1 aromatic carbocycles. The molecule has 1 N–H and O–H groups in total. The van der Waals surface area contributed by atoms with Gasteiger partial charge in [0, 0.05) is 15.2 Å². The second-order valence-electron chi connectivity index (χ2n) is 2.66. The van der Waals surface area contributed by atoms with Crippen LogP contribution in [0.1, 0.15) is 11.1 Å². The van der Waals surface area contributed by atoms with Crippen molar-refractivity contribution in [2.75, 3.05) is 0 Å². The van der Waals surface area contributed by atoms with E-state index in [0.29, 0.717) is 5.56 Å². The maximum absolute atomic E-state index is 11.2. The smallest absolute Gasteiger partial charge is 0.263 e. The molecule has 0 amide bonds. The molecule has 0 spiro atoms. The minimum Gasteiger partial charge on any atom is -0.392 e. The number of hydrogen-bond acceptors (Lipinski definition) is 4. The van der Waals surface area contributed by atoms with Crippen molar-refractivity contribution in [3.05, 3.63) is 27.7 Å². The molecule has 0 heterocycles. The van der Waals surface area contributed by atoms with E-state index in [0.717, 1.165) is 0 Å². The van der Waals surface area contributed by atoms with Crippen LogP contribution in [0.2, 0.25) is 0 Å². The fourth-order valence-electron chi connectivity index (χ4n) is 1.07. The molecule has 0 atom stereocenters. The minimum absolute atomic E-state index is 0.0941. The first-order chi connectivity index (χ1) is 6.90. The molecule has 7 heteroatoms. The van der Waals surface area contributed by atoms with Crippen LogP contribution in [-0.4, -0.2) is 13.5 Å². The van der Waals surface area contributed by atoms with Gasteiger partial charge in [-0.15, -0.1) is 0 Å². The normalized spacial score (nSPS) is 11.1. The lowest BCUT2D eigenvalue weighted by molar-refractivity contribution is 0.281. The van der Waals surface area contributed by atoms with E-state index in [4.69, 9.17) is 21.1 Å². The topological polar surface area (TPSA) is 78.2 Å².